The Labute approximate surface area is 112 Å². The molecule has 0 atom stereocenters. The summed E-state index contributed by atoms with van der Waals surface area (Å²) in [4.78, 5) is 4.47. The second kappa shape index (κ2) is 5.21. The number of aryl methyl sites for hydroxylation is 1. The van der Waals surface area contributed by atoms with Gasteiger partial charge in [0.1, 0.15) is 5.01 Å². The van der Waals surface area contributed by atoms with Crippen LogP contribution in [0.2, 0.25) is 0 Å². The summed E-state index contributed by atoms with van der Waals surface area (Å²) >= 11 is 1.75. The van der Waals surface area contributed by atoms with Crippen LogP contribution in [-0.4, -0.2) is 11.0 Å². The summed E-state index contributed by atoms with van der Waals surface area (Å²) in [5.74, 6) is 0.752. The number of benzene rings is 1. The number of hydrogen-bond donors (Lipinski definition) is 1. The second-order valence-corrected chi connectivity index (χ2v) is 5.98. The molecular weight excluding hydrogens is 240 g/mol. The minimum absolute atomic E-state index is 0.666. The van der Waals surface area contributed by atoms with Crippen molar-refractivity contribution in [2.24, 2.45) is 0 Å². The maximum absolute atomic E-state index is 4.47. The third-order valence-corrected chi connectivity index (χ3v) is 4.58. The highest BCUT2D eigenvalue weighted by Gasteiger charge is 2.29. The van der Waals surface area contributed by atoms with E-state index in [1.807, 2.05) is 0 Å². The molecule has 2 aromatic rings. The van der Waals surface area contributed by atoms with E-state index >= 15 is 0 Å². The molecular formula is C15H18N2S. The highest BCUT2D eigenvalue weighted by molar-refractivity contribution is 7.09. The topological polar surface area (TPSA) is 24.9 Å². The number of nitrogens with one attached hydrogen (secondary N) is 1. The molecule has 3 rings (SSSR count). The average Bonchev–Trinajstić information content (AvgIpc) is 2.74. The Morgan fingerprint density at radius 3 is 2.72 bits per heavy atom. The summed E-state index contributed by atoms with van der Waals surface area (Å²) in [6.45, 7) is 2.97. The summed E-state index contributed by atoms with van der Waals surface area (Å²) in [5, 5.41) is 6.92. The smallest absolute Gasteiger partial charge is 0.107 e. The van der Waals surface area contributed by atoms with Gasteiger partial charge in [0, 0.05) is 23.7 Å². The van der Waals surface area contributed by atoms with E-state index in [9.17, 15) is 0 Å². The molecule has 2 nitrogen and oxygen atoms in total. The second-order valence-electron chi connectivity index (χ2n) is 5.04. The Kier molecular flexibility index (Phi) is 3.43. The zero-order chi connectivity index (χ0) is 12.4. The van der Waals surface area contributed by atoms with Gasteiger partial charge in [-0.25, -0.2) is 4.98 Å². The van der Waals surface area contributed by atoms with Crippen LogP contribution in [0, 0.1) is 6.92 Å². The minimum Gasteiger partial charge on any atom is -0.308 e. The lowest BCUT2D eigenvalue weighted by molar-refractivity contribution is 0.289. The quantitative estimate of drug-likeness (QED) is 0.908. The molecule has 1 aliphatic rings. The average molecular weight is 258 g/mol. The molecule has 0 spiro atoms. The number of hydrogen-bond acceptors (Lipinski definition) is 3. The number of aromatic nitrogens is 1. The van der Waals surface area contributed by atoms with E-state index in [2.05, 4.69) is 52.9 Å². The summed E-state index contributed by atoms with van der Waals surface area (Å²) < 4.78 is 0. The molecule has 1 saturated carbocycles. The number of nitrogens with zero attached hydrogens (tertiary/aromatic N) is 1. The maximum atomic E-state index is 4.47. The molecule has 0 amide bonds. The SMILES string of the molecule is Cc1csc(CNC2CC(c3ccccc3)C2)n1. The zero-order valence-electron chi connectivity index (χ0n) is 10.6. The molecule has 0 aliphatic heterocycles. The zero-order valence-corrected chi connectivity index (χ0v) is 11.4. The van der Waals surface area contributed by atoms with Crippen molar-refractivity contribution in [2.45, 2.75) is 38.3 Å². The molecule has 1 fully saturated rings. The van der Waals surface area contributed by atoms with Crippen molar-refractivity contribution in [3.63, 3.8) is 0 Å². The van der Waals surface area contributed by atoms with Gasteiger partial charge < -0.3 is 5.32 Å². The van der Waals surface area contributed by atoms with Crippen LogP contribution in [0.1, 0.15) is 35.0 Å². The Balaban J connectivity index is 1.46. The fourth-order valence-electron chi connectivity index (χ4n) is 2.50. The highest BCUT2D eigenvalue weighted by atomic mass is 32.1. The number of rotatable bonds is 4. The first-order valence-corrected chi connectivity index (χ1v) is 7.38. The Bertz CT molecular complexity index is 500. The third-order valence-electron chi connectivity index (χ3n) is 3.62. The molecule has 0 unspecified atom stereocenters. The van der Waals surface area contributed by atoms with Crippen LogP contribution in [0.15, 0.2) is 35.7 Å². The van der Waals surface area contributed by atoms with Crippen molar-refractivity contribution in [1.82, 2.24) is 10.3 Å². The Morgan fingerprint density at radius 1 is 1.28 bits per heavy atom. The van der Waals surface area contributed by atoms with Crippen LogP contribution >= 0.6 is 11.3 Å². The summed E-state index contributed by atoms with van der Waals surface area (Å²) in [6, 6.07) is 11.5. The van der Waals surface area contributed by atoms with Crippen LogP contribution in [0.3, 0.4) is 0 Å². The van der Waals surface area contributed by atoms with E-state index in [4.69, 9.17) is 0 Å². The molecule has 1 N–H and O–H groups in total. The first-order valence-electron chi connectivity index (χ1n) is 6.50. The van der Waals surface area contributed by atoms with Crippen molar-refractivity contribution in [3.05, 3.63) is 52.0 Å². The lowest BCUT2D eigenvalue weighted by Gasteiger charge is -2.36. The van der Waals surface area contributed by atoms with Gasteiger partial charge in [-0.1, -0.05) is 30.3 Å². The van der Waals surface area contributed by atoms with E-state index in [0.29, 0.717) is 6.04 Å². The molecule has 1 heterocycles. The molecule has 3 heteroatoms. The van der Waals surface area contributed by atoms with E-state index in [-0.39, 0.29) is 0 Å². The van der Waals surface area contributed by atoms with E-state index in [1.54, 1.807) is 11.3 Å². The summed E-state index contributed by atoms with van der Waals surface area (Å²) in [6.07, 6.45) is 2.52. The van der Waals surface area contributed by atoms with E-state index in [1.165, 1.54) is 23.4 Å². The van der Waals surface area contributed by atoms with Gasteiger partial charge in [-0.3, -0.25) is 0 Å². The van der Waals surface area contributed by atoms with Gasteiger partial charge in [-0.2, -0.15) is 0 Å². The third kappa shape index (κ3) is 2.62. The van der Waals surface area contributed by atoms with Crippen molar-refractivity contribution in [1.29, 1.82) is 0 Å². The molecule has 1 aromatic heterocycles. The van der Waals surface area contributed by atoms with Crippen molar-refractivity contribution in [2.75, 3.05) is 0 Å². The molecule has 0 radical (unpaired) electrons. The molecule has 0 saturated heterocycles. The lowest BCUT2D eigenvalue weighted by atomic mass is 9.76. The van der Waals surface area contributed by atoms with Crippen LogP contribution in [0.5, 0.6) is 0 Å². The van der Waals surface area contributed by atoms with Gasteiger partial charge in [-0.15, -0.1) is 11.3 Å². The summed E-state index contributed by atoms with van der Waals surface area (Å²) in [7, 11) is 0. The summed E-state index contributed by atoms with van der Waals surface area (Å²) in [5.41, 5.74) is 2.62. The van der Waals surface area contributed by atoms with Gasteiger partial charge in [0.25, 0.3) is 0 Å². The first-order chi connectivity index (χ1) is 8.81. The minimum atomic E-state index is 0.666. The molecule has 1 aliphatic carbocycles. The molecule has 0 bridgehead atoms. The van der Waals surface area contributed by atoms with Crippen LogP contribution in [-0.2, 0) is 6.54 Å². The first kappa shape index (κ1) is 11.9. The van der Waals surface area contributed by atoms with Crippen LogP contribution in [0.25, 0.3) is 0 Å². The van der Waals surface area contributed by atoms with Gasteiger partial charge in [-0.05, 0) is 31.2 Å². The normalized spacial score (nSPS) is 22.7. The number of thiazole rings is 1. The van der Waals surface area contributed by atoms with E-state index < -0.39 is 0 Å². The van der Waals surface area contributed by atoms with Crippen molar-refractivity contribution in [3.8, 4) is 0 Å². The van der Waals surface area contributed by atoms with Crippen LogP contribution < -0.4 is 5.32 Å². The fourth-order valence-corrected chi connectivity index (χ4v) is 3.22. The largest absolute Gasteiger partial charge is 0.308 e. The predicted octanol–water partition coefficient (Wildman–Crippen LogP) is 3.49. The molecule has 1 aromatic carbocycles. The Hall–Kier alpha value is -1.19. The maximum Gasteiger partial charge on any atom is 0.107 e. The van der Waals surface area contributed by atoms with Crippen LogP contribution in [0.4, 0.5) is 0 Å². The molecule has 18 heavy (non-hydrogen) atoms. The molecule has 94 valence electrons. The fraction of sp³-hybridized carbons (Fsp3) is 0.400. The van der Waals surface area contributed by atoms with E-state index in [0.717, 1.165) is 18.2 Å². The lowest BCUT2D eigenvalue weighted by Crippen LogP contribution is -2.39. The van der Waals surface area contributed by atoms with Gasteiger partial charge >= 0.3 is 0 Å². The standard InChI is InChI=1S/C15H18N2S/c1-11-10-18-15(17-11)9-16-14-7-13(8-14)12-5-3-2-4-6-12/h2-6,10,13-14,16H,7-9H2,1H3. The monoisotopic (exact) mass is 258 g/mol. The van der Waals surface area contributed by atoms with Gasteiger partial charge in [0.05, 0.1) is 0 Å². The highest BCUT2D eigenvalue weighted by Crippen LogP contribution is 2.36. The van der Waals surface area contributed by atoms with Crippen molar-refractivity contribution < 1.29 is 0 Å². The van der Waals surface area contributed by atoms with Gasteiger partial charge in [0.2, 0.25) is 0 Å². The van der Waals surface area contributed by atoms with Gasteiger partial charge in [0.15, 0.2) is 0 Å². The Morgan fingerprint density at radius 2 is 2.06 bits per heavy atom. The van der Waals surface area contributed by atoms with Crippen molar-refractivity contribution >= 4 is 11.3 Å². The predicted molar refractivity (Wildman–Crippen MR) is 75.9 cm³/mol.